The molecule has 15 rings (SSSR count). The molecule has 70 heavy (non-hydrogen) atoms. The molecule has 10 aromatic rings. The average molecular weight is 893 g/mol. The van der Waals surface area contributed by atoms with Crippen LogP contribution in [0.25, 0.3) is 56.2 Å². The summed E-state index contributed by atoms with van der Waals surface area (Å²) in [6, 6.07) is 86.9. The van der Waals surface area contributed by atoms with Crippen LogP contribution < -0.4 is 15.2 Å². The molecule has 0 bridgehead atoms. The fourth-order valence-corrected chi connectivity index (χ4v) is 13.8. The Kier molecular flexibility index (Phi) is 8.30. The van der Waals surface area contributed by atoms with Gasteiger partial charge in [-0.15, -0.1) is 0 Å². The summed E-state index contributed by atoms with van der Waals surface area (Å²) in [5, 5.41) is 2.52. The Balaban J connectivity index is 0.913. The third-order valence-corrected chi connectivity index (χ3v) is 16.8. The number of hydrogen-bond acceptors (Lipinski definition) is 1. The van der Waals surface area contributed by atoms with E-state index in [4.69, 9.17) is 4.74 Å². The van der Waals surface area contributed by atoms with Crippen molar-refractivity contribution in [1.82, 2.24) is 0 Å². The van der Waals surface area contributed by atoms with Gasteiger partial charge in [0, 0.05) is 28.4 Å². The predicted octanol–water partition coefficient (Wildman–Crippen LogP) is 14.7. The molecule has 1 nitrogen and oxygen atoms in total. The quantitative estimate of drug-likeness (QED) is 0.156. The van der Waals surface area contributed by atoms with E-state index in [0.717, 1.165) is 5.75 Å². The van der Waals surface area contributed by atoms with Gasteiger partial charge >= 0.3 is 0 Å². The van der Waals surface area contributed by atoms with Crippen LogP contribution in [0.15, 0.2) is 231 Å². The van der Waals surface area contributed by atoms with Gasteiger partial charge in [0.25, 0.3) is 0 Å². The molecular formula is C69H48O. The van der Waals surface area contributed by atoms with Crippen molar-refractivity contribution in [3.8, 4) is 50.3 Å². The zero-order valence-corrected chi connectivity index (χ0v) is 39.2. The maximum Gasteiger partial charge on any atom is 0.135 e. The zero-order chi connectivity index (χ0) is 46.3. The predicted molar refractivity (Wildman–Crippen MR) is 286 cm³/mol. The van der Waals surface area contributed by atoms with Crippen molar-refractivity contribution < 1.29 is 4.74 Å². The first kappa shape index (κ1) is 39.7. The lowest BCUT2D eigenvalue weighted by Crippen LogP contribution is -2.39. The van der Waals surface area contributed by atoms with E-state index in [2.05, 4.69) is 250 Å². The Bertz CT molecular complexity index is 3920. The highest BCUT2D eigenvalue weighted by Gasteiger charge is 2.52. The molecule has 0 fully saturated rings. The lowest BCUT2D eigenvalue weighted by molar-refractivity contribution is 0.281. The van der Waals surface area contributed by atoms with Crippen LogP contribution in [-0.4, -0.2) is 6.10 Å². The monoisotopic (exact) mass is 892 g/mol. The van der Waals surface area contributed by atoms with Crippen LogP contribution >= 0.6 is 0 Å². The van der Waals surface area contributed by atoms with E-state index in [0.29, 0.717) is 0 Å². The molecule has 1 heteroatoms. The minimum atomic E-state index is -0.442. The summed E-state index contributed by atoms with van der Waals surface area (Å²) in [5.74, 6) is 0.938. The standard InChI is InChI=1S/C69H48O/c1-68(2)58-28-14-10-23-49(58)53-35-33-45(39-62(53)68)66-48-22-7-6-20-43(48)38-57-55-37-34-46(41-64(55)70-67(57)66)65(56-27-9-8-21-47(56)42-18-4-3-5-19-42)44-32-36-54-52-26-13-17-31-61(52)69(63(54)40-44)59-29-15-11-24-50(59)51-25-12-16-30-60(51)69/h3-41,57,65,67H,1-2H3. The number of hydrogen-bond donors (Lipinski definition) is 0. The number of rotatable bonds is 5. The van der Waals surface area contributed by atoms with Crippen molar-refractivity contribution in [2.24, 2.45) is 0 Å². The van der Waals surface area contributed by atoms with Crippen molar-refractivity contribution in [3.63, 3.8) is 0 Å². The minimum absolute atomic E-state index is 0.0725. The Morgan fingerprint density at radius 2 is 0.929 bits per heavy atom. The van der Waals surface area contributed by atoms with E-state index < -0.39 is 5.41 Å². The lowest BCUT2D eigenvalue weighted by Gasteiger charge is -2.31. The summed E-state index contributed by atoms with van der Waals surface area (Å²) in [7, 11) is 0. The van der Waals surface area contributed by atoms with Gasteiger partial charge in [-0.05, 0) is 123 Å². The SMILES string of the molecule is CC1(C)c2ccccc2-c2ccc(C3=c4ccccc4=CC4c5ccc(C(c6ccc7c(c6)C6(c8ccccc8-c8ccccc86)c6ccccc6-7)c6ccccc6-c6ccccc6)cc5OC34)cc21. The second kappa shape index (κ2) is 14.6. The van der Waals surface area contributed by atoms with Crippen LogP contribution in [0.2, 0.25) is 0 Å². The zero-order valence-electron chi connectivity index (χ0n) is 39.2. The summed E-state index contributed by atoms with van der Waals surface area (Å²) < 4.78 is 7.45. The normalized spacial score (nSPS) is 17.7. The Labute approximate surface area is 409 Å². The van der Waals surface area contributed by atoms with Crippen molar-refractivity contribution in [3.05, 3.63) is 302 Å². The Morgan fingerprint density at radius 1 is 0.400 bits per heavy atom. The molecular weight excluding hydrogens is 845 g/mol. The lowest BCUT2D eigenvalue weighted by atomic mass is 9.69. The first-order valence-electron chi connectivity index (χ1n) is 24.9. The highest BCUT2D eigenvalue weighted by molar-refractivity contribution is 5.95. The molecule has 0 radical (unpaired) electrons. The molecule has 0 aromatic heterocycles. The third kappa shape index (κ3) is 5.33. The first-order valence-corrected chi connectivity index (χ1v) is 24.9. The van der Waals surface area contributed by atoms with E-state index in [9.17, 15) is 0 Å². The Hall–Kier alpha value is -8.26. The fourth-order valence-electron chi connectivity index (χ4n) is 13.8. The van der Waals surface area contributed by atoms with Crippen LogP contribution in [0.4, 0.5) is 0 Å². The molecule has 1 spiro atoms. The van der Waals surface area contributed by atoms with Gasteiger partial charge in [-0.1, -0.05) is 238 Å². The molecule has 4 aliphatic carbocycles. The summed E-state index contributed by atoms with van der Waals surface area (Å²) in [6.45, 7) is 4.75. The first-order chi connectivity index (χ1) is 34.5. The van der Waals surface area contributed by atoms with Crippen molar-refractivity contribution in [2.45, 2.75) is 42.6 Å². The van der Waals surface area contributed by atoms with Crippen molar-refractivity contribution in [1.29, 1.82) is 0 Å². The van der Waals surface area contributed by atoms with Crippen LogP contribution in [0.5, 0.6) is 5.75 Å². The largest absolute Gasteiger partial charge is 0.484 e. The summed E-state index contributed by atoms with van der Waals surface area (Å²) >= 11 is 0. The molecule has 0 saturated heterocycles. The average Bonchev–Trinajstić information content (AvgIpc) is 4.10. The van der Waals surface area contributed by atoms with Crippen LogP contribution in [0.3, 0.4) is 0 Å². The molecule has 0 saturated carbocycles. The Morgan fingerprint density at radius 3 is 1.64 bits per heavy atom. The van der Waals surface area contributed by atoms with Gasteiger partial charge in [0.2, 0.25) is 0 Å². The van der Waals surface area contributed by atoms with Crippen LogP contribution in [0.1, 0.15) is 86.9 Å². The molecule has 0 amide bonds. The van der Waals surface area contributed by atoms with Gasteiger partial charge in [0.1, 0.15) is 11.9 Å². The number of benzene rings is 10. The highest BCUT2D eigenvalue weighted by Crippen LogP contribution is 2.63. The topological polar surface area (TPSA) is 9.23 Å². The second-order valence-electron chi connectivity index (χ2n) is 20.5. The molecule has 0 N–H and O–H groups in total. The molecule has 10 aromatic carbocycles. The summed E-state index contributed by atoms with van der Waals surface area (Å²) in [6.07, 6.45) is 2.29. The molecule has 1 aliphatic heterocycles. The fraction of sp³-hybridized carbons (Fsp3) is 0.101. The van der Waals surface area contributed by atoms with Gasteiger partial charge in [0.05, 0.1) is 5.41 Å². The number of ether oxygens (including phenoxy) is 1. The van der Waals surface area contributed by atoms with Gasteiger partial charge in [-0.3, -0.25) is 0 Å². The molecule has 3 atom stereocenters. The second-order valence-corrected chi connectivity index (χ2v) is 20.5. The van der Waals surface area contributed by atoms with Crippen LogP contribution in [0, 0.1) is 0 Å². The molecule has 5 aliphatic rings. The van der Waals surface area contributed by atoms with Gasteiger partial charge in [0.15, 0.2) is 0 Å². The van der Waals surface area contributed by atoms with Crippen molar-refractivity contribution in [2.75, 3.05) is 0 Å². The minimum Gasteiger partial charge on any atom is -0.484 e. The molecule has 3 unspecified atom stereocenters. The molecule has 1 heterocycles. The highest BCUT2D eigenvalue weighted by atomic mass is 16.5. The van der Waals surface area contributed by atoms with E-state index in [1.807, 2.05) is 0 Å². The van der Waals surface area contributed by atoms with Gasteiger partial charge in [-0.2, -0.15) is 0 Å². The third-order valence-electron chi connectivity index (χ3n) is 16.8. The smallest absolute Gasteiger partial charge is 0.135 e. The van der Waals surface area contributed by atoms with E-state index in [-0.39, 0.29) is 23.4 Å². The van der Waals surface area contributed by atoms with Gasteiger partial charge in [-0.25, -0.2) is 0 Å². The van der Waals surface area contributed by atoms with Gasteiger partial charge < -0.3 is 4.74 Å². The van der Waals surface area contributed by atoms with Crippen LogP contribution in [-0.2, 0) is 10.8 Å². The van der Waals surface area contributed by atoms with E-state index in [1.54, 1.807) is 0 Å². The summed E-state index contributed by atoms with van der Waals surface area (Å²) in [5.41, 5.74) is 25.5. The van der Waals surface area contributed by atoms with Crippen molar-refractivity contribution >= 4 is 11.6 Å². The number of fused-ring (bicyclic) bond motifs is 17. The van der Waals surface area contributed by atoms with E-state index >= 15 is 0 Å². The summed E-state index contributed by atoms with van der Waals surface area (Å²) in [4.78, 5) is 0. The molecule has 330 valence electrons. The maximum absolute atomic E-state index is 7.45. The maximum atomic E-state index is 7.45. The van der Waals surface area contributed by atoms with E-state index in [1.165, 1.54) is 122 Å².